The van der Waals surface area contributed by atoms with E-state index in [4.69, 9.17) is 10.2 Å². The van der Waals surface area contributed by atoms with Gasteiger partial charge in [-0.2, -0.15) is 0 Å². The number of fused-ring (bicyclic) bond motifs is 1. The molecule has 8 heteroatoms. The molecule has 8 nitrogen and oxygen atoms in total. The van der Waals surface area contributed by atoms with E-state index >= 15 is 0 Å². The van der Waals surface area contributed by atoms with Crippen LogP contribution < -0.4 is 11.1 Å². The quantitative estimate of drug-likeness (QED) is 0.492. The number of hydrogen-bond donors (Lipinski definition) is 2. The number of nitrogens with zero attached hydrogens (tertiary/aromatic N) is 3. The molecule has 0 saturated carbocycles. The Hall–Kier alpha value is -3.94. The number of furan rings is 1. The Bertz CT molecular complexity index is 1180. The number of amides is 2. The molecule has 4 rings (SSSR count). The van der Waals surface area contributed by atoms with Crippen LogP contribution in [-0.4, -0.2) is 32.7 Å². The van der Waals surface area contributed by atoms with E-state index in [9.17, 15) is 9.59 Å². The SMILES string of the molecule is CCC(CNC(=O)c1cc(-c2ccco2)nc2c(C(N)=O)ncn12)c1ccccc1. The molecule has 4 aromatic rings. The Morgan fingerprint density at radius 2 is 2.00 bits per heavy atom. The minimum Gasteiger partial charge on any atom is -0.463 e. The summed E-state index contributed by atoms with van der Waals surface area (Å²) >= 11 is 0. The van der Waals surface area contributed by atoms with Crippen LogP contribution in [0.1, 0.15) is 45.8 Å². The number of rotatable bonds is 7. The molecule has 3 heterocycles. The predicted octanol–water partition coefficient (Wildman–Crippen LogP) is 3.01. The standard InChI is InChI=1S/C22H21N5O3/c1-2-14(15-7-4-3-5-8-15)12-24-22(29)17-11-16(18-9-6-10-30-18)26-21-19(20(23)28)25-13-27(17)21/h3-11,13-14H,2,12H2,1H3,(H2,23,28)(H,24,29). The largest absolute Gasteiger partial charge is 0.463 e. The van der Waals surface area contributed by atoms with Crippen LogP contribution in [0.3, 0.4) is 0 Å². The van der Waals surface area contributed by atoms with Crippen molar-refractivity contribution in [2.24, 2.45) is 5.73 Å². The van der Waals surface area contributed by atoms with Gasteiger partial charge in [-0.3, -0.25) is 14.0 Å². The molecule has 30 heavy (non-hydrogen) atoms. The van der Waals surface area contributed by atoms with Crippen molar-refractivity contribution in [2.45, 2.75) is 19.3 Å². The summed E-state index contributed by atoms with van der Waals surface area (Å²) in [5, 5.41) is 2.99. The van der Waals surface area contributed by atoms with E-state index in [1.54, 1.807) is 18.2 Å². The molecule has 3 aromatic heterocycles. The van der Waals surface area contributed by atoms with Gasteiger partial charge in [0.05, 0.1) is 6.26 Å². The highest BCUT2D eigenvalue weighted by Gasteiger charge is 2.21. The third-order valence-electron chi connectivity index (χ3n) is 5.01. The Balaban J connectivity index is 1.68. The predicted molar refractivity (Wildman–Crippen MR) is 111 cm³/mol. The number of nitrogens with one attached hydrogen (secondary N) is 1. The summed E-state index contributed by atoms with van der Waals surface area (Å²) in [6.45, 7) is 2.55. The van der Waals surface area contributed by atoms with Crippen LogP contribution in [0.4, 0.5) is 0 Å². The van der Waals surface area contributed by atoms with Gasteiger partial charge < -0.3 is 15.5 Å². The van der Waals surface area contributed by atoms with Gasteiger partial charge in [-0.25, -0.2) is 9.97 Å². The van der Waals surface area contributed by atoms with Crippen molar-refractivity contribution in [3.05, 3.63) is 78.1 Å². The van der Waals surface area contributed by atoms with Gasteiger partial charge in [0.15, 0.2) is 17.1 Å². The summed E-state index contributed by atoms with van der Waals surface area (Å²) < 4.78 is 6.88. The summed E-state index contributed by atoms with van der Waals surface area (Å²) in [6.07, 6.45) is 3.76. The minimum atomic E-state index is -0.719. The maximum atomic E-state index is 13.1. The molecule has 152 valence electrons. The summed E-state index contributed by atoms with van der Waals surface area (Å²) in [6, 6.07) is 15.1. The van der Waals surface area contributed by atoms with Crippen molar-refractivity contribution in [2.75, 3.05) is 6.54 Å². The molecule has 3 N–H and O–H groups in total. The second kappa shape index (κ2) is 8.20. The molecule has 0 aliphatic heterocycles. The van der Waals surface area contributed by atoms with Crippen molar-refractivity contribution in [1.29, 1.82) is 0 Å². The summed E-state index contributed by atoms with van der Waals surface area (Å²) in [5.74, 6) is -0.374. The third-order valence-corrected chi connectivity index (χ3v) is 5.01. The van der Waals surface area contributed by atoms with Crippen molar-refractivity contribution >= 4 is 17.5 Å². The van der Waals surface area contributed by atoms with Gasteiger partial charge in [-0.05, 0) is 30.2 Å². The number of aromatic nitrogens is 3. The Labute approximate surface area is 172 Å². The number of hydrogen-bond acceptors (Lipinski definition) is 5. The summed E-state index contributed by atoms with van der Waals surface area (Å²) in [5.41, 5.74) is 7.48. The fraction of sp³-hybridized carbons (Fsp3) is 0.182. The summed E-state index contributed by atoms with van der Waals surface area (Å²) in [4.78, 5) is 33.3. The van der Waals surface area contributed by atoms with Gasteiger partial charge in [0.25, 0.3) is 11.8 Å². The number of benzene rings is 1. The summed E-state index contributed by atoms with van der Waals surface area (Å²) in [7, 11) is 0. The van der Waals surface area contributed by atoms with Gasteiger partial charge in [0.2, 0.25) is 0 Å². The van der Waals surface area contributed by atoms with Crippen molar-refractivity contribution in [3.63, 3.8) is 0 Å². The average molecular weight is 403 g/mol. The molecular weight excluding hydrogens is 382 g/mol. The molecule has 1 aromatic carbocycles. The van der Waals surface area contributed by atoms with Gasteiger partial charge in [0.1, 0.15) is 17.7 Å². The lowest BCUT2D eigenvalue weighted by Gasteiger charge is -2.16. The highest BCUT2D eigenvalue weighted by molar-refractivity contribution is 5.99. The molecule has 0 spiro atoms. The first-order valence-corrected chi connectivity index (χ1v) is 9.63. The second-order valence-electron chi connectivity index (χ2n) is 6.88. The van der Waals surface area contributed by atoms with E-state index < -0.39 is 5.91 Å². The van der Waals surface area contributed by atoms with Crippen LogP contribution in [0.5, 0.6) is 0 Å². The van der Waals surface area contributed by atoms with E-state index in [0.717, 1.165) is 12.0 Å². The zero-order valence-electron chi connectivity index (χ0n) is 16.4. The highest BCUT2D eigenvalue weighted by Crippen LogP contribution is 2.22. The van der Waals surface area contributed by atoms with Crippen molar-refractivity contribution < 1.29 is 14.0 Å². The highest BCUT2D eigenvalue weighted by atomic mass is 16.3. The lowest BCUT2D eigenvalue weighted by atomic mass is 9.96. The molecule has 0 radical (unpaired) electrons. The number of carbonyl (C=O) groups is 2. The van der Waals surface area contributed by atoms with Crippen LogP contribution in [0, 0.1) is 0 Å². The second-order valence-corrected chi connectivity index (χ2v) is 6.88. The van der Waals surface area contributed by atoms with Gasteiger partial charge in [0, 0.05) is 12.5 Å². The molecule has 2 amide bonds. The maximum Gasteiger partial charge on any atom is 0.271 e. The number of primary amides is 1. The Kier molecular flexibility index (Phi) is 5.30. The normalized spacial score (nSPS) is 12.0. The number of imidazole rings is 1. The first-order valence-electron chi connectivity index (χ1n) is 9.63. The molecule has 0 aliphatic carbocycles. The van der Waals surface area contributed by atoms with Crippen LogP contribution >= 0.6 is 0 Å². The van der Waals surface area contributed by atoms with Gasteiger partial charge in [-0.1, -0.05) is 37.3 Å². The topological polar surface area (TPSA) is 116 Å². The number of carbonyl (C=O) groups excluding carboxylic acids is 2. The lowest BCUT2D eigenvalue weighted by molar-refractivity contribution is 0.0942. The van der Waals surface area contributed by atoms with E-state index in [0.29, 0.717) is 18.0 Å². The molecule has 1 atom stereocenters. The molecule has 0 aliphatic rings. The third kappa shape index (κ3) is 3.67. The first kappa shape index (κ1) is 19.4. The van der Waals surface area contributed by atoms with E-state index in [-0.39, 0.29) is 28.9 Å². The van der Waals surface area contributed by atoms with Crippen molar-refractivity contribution in [3.8, 4) is 11.5 Å². The maximum absolute atomic E-state index is 13.1. The van der Waals surface area contributed by atoms with E-state index in [1.165, 1.54) is 17.0 Å². The van der Waals surface area contributed by atoms with E-state index in [2.05, 4.69) is 34.3 Å². The van der Waals surface area contributed by atoms with Crippen molar-refractivity contribution in [1.82, 2.24) is 19.7 Å². The molecule has 1 unspecified atom stereocenters. The van der Waals surface area contributed by atoms with Crippen LogP contribution in [-0.2, 0) is 0 Å². The zero-order valence-corrected chi connectivity index (χ0v) is 16.4. The fourth-order valence-corrected chi connectivity index (χ4v) is 3.40. The minimum absolute atomic E-state index is 0.00632. The average Bonchev–Trinajstić information content (AvgIpc) is 3.44. The fourth-order valence-electron chi connectivity index (χ4n) is 3.40. The Morgan fingerprint density at radius 1 is 1.20 bits per heavy atom. The monoisotopic (exact) mass is 403 g/mol. The smallest absolute Gasteiger partial charge is 0.271 e. The lowest BCUT2D eigenvalue weighted by Crippen LogP contribution is -2.30. The first-order chi connectivity index (χ1) is 14.6. The zero-order chi connectivity index (χ0) is 21.1. The van der Waals surface area contributed by atoms with Crippen LogP contribution in [0.2, 0.25) is 0 Å². The van der Waals surface area contributed by atoms with Gasteiger partial charge in [-0.15, -0.1) is 0 Å². The van der Waals surface area contributed by atoms with Gasteiger partial charge >= 0.3 is 0 Å². The molecule has 0 bridgehead atoms. The van der Waals surface area contributed by atoms with Crippen LogP contribution in [0.15, 0.2) is 65.5 Å². The van der Waals surface area contributed by atoms with Crippen LogP contribution in [0.25, 0.3) is 17.1 Å². The molecule has 0 fully saturated rings. The Morgan fingerprint density at radius 3 is 2.67 bits per heavy atom. The number of nitrogens with two attached hydrogens (primary N) is 1. The van der Waals surface area contributed by atoms with E-state index in [1.807, 2.05) is 18.2 Å². The molecular formula is C22H21N5O3. The molecule has 0 saturated heterocycles.